The summed E-state index contributed by atoms with van der Waals surface area (Å²) in [6.07, 6.45) is -2.70. The average molecular weight is 471 g/mol. The molecule has 0 spiro atoms. The minimum Gasteiger partial charge on any atom is -0.406 e. The second-order valence-corrected chi connectivity index (χ2v) is 8.55. The Labute approximate surface area is 193 Å². The Morgan fingerprint density at radius 2 is 1.70 bits per heavy atom. The number of aryl methyl sites for hydroxylation is 1. The minimum atomic E-state index is -4.75. The maximum Gasteiger partial charge on any atom is 0.573 e. The first-order valence-electron chi connectivity index (χ1n) is 10.2. The number of anilines is 1. The number of hydrogen-bond acceptors (Lipinski definition) is 3. The third kappa shape index (κ3) is 6.10. The summed E-state index contributed by atoms with van der Waals surface area (Å²) in [6.45, 7) is 2.78. The van der Waals surface area contributed by atoms with Crippen LogP contribution in [0.5, 0.6) is 5.75 Å². The first kappa shape index (κ1) is 22.8. The van der Waals surface area contributed by atoms with Crippen molar-refractivity contribution >= 4 is 34.3 Å². The molecule has 4 aromatic rings. The number of alkyl halides is 3. The molecule has 0 aliphatic rings. The van der Waals surface area contributed by atoms with Gasteiger partial charge in [-0.05, 0) is 42.8 Å². The van der Waals surface area contributed by atoms with Gasteiger partial charge in [-0.3, -0.25) is 4.79 Å². The fourth-order valence-corrected chi connectivity index (χ4v) is 4.32. The maximum atomic E-state index is 12.4. The van der Waals surface area contributed by atoms with Crippen molar-refractivity contribution in [1.29, 1.82) is 0 Å². The third-order valence-corrected chi connectivity index (χ3v) is 6.00. The molecule has 0 saturated carbocycles. The second-order valence-electron chi connectivity index (χ2n) is 7.53. The van der Waals surface area contributed by atoms with E-state index in [4.69, 9.17) is 0 Å². The number of aromatic nitrogens is 1. The zero-order chi connectivity index (χ0) is 23.4. The number of para-hydroxylation sites is 1. The van der Waals surface area contributed by atoms with Gasteiger partial charge in [-0.15, -0.1) is 24.9 Å². The largest absolute Gasteiger partial charge is 0.573 e. The number of carbonyl (C=O) groups excluding carboxylic acids is 1. The average Bonchev–Trinajstić information content (AvgIpc) is 3.12. The van der Waals surface area contributed by atoms with Crippen LogP contribution in [-0.4, -0.2) is 22.6 Å². The van der Waals surface area contributed by atoms with Gasteiger partial charge in [-0.2, -0.15) is 0 Å². The lowest BCUT2D eigenvalue weighted by Gasteiger charge is -2.10. The van der Waals surface area contributed by atoms with Crippen LogP contribution in [0.15, 0.2) is 83.9 Å². The van der Waals surface area contributed by atoms with Gasteiger partial charge < -0.3 is 14.6 Å². The van der Waals surface area contributed by atoms with E-state index in [-0.39, 0.29) is 17.4 Å². The number of thioether (sulfide) groups is 1. The van der Waals surface area contributed by atoms with Crippen molar-refractivity contribution in [2.45, 2.75) is 24.7 Å². The van der Waals surface area contributed by atoms with E-state index >= 15 is 0 Å². The lowest BCUT2D eigenvalue weighted by Crippen LogP contribution is -2.17. The van der Waals surface area contributed by atoms with Crippen molar-refractivity contribution in [2.24, 2.45) is 0 Å². The van der Waals surface area contributed by atoms with Gasteiger partial charge in [0.1, 0.15) is 5.75 Å². The summed E-state index contributed by atoms with van der Waals surface area (Å²) in [5.41, 5.74) is 3.88. The summed E-state index contributed by atoms with van der Waals surface area (Å²) in [5, 5.41) is 3.76. The van der Waals surface area contributed by atoms with Crippen molar-refractivity contribution in [3.63, 3.8) is 0 Å². The molecule has 1 aromatic heterocycles. The van der Waals surface area contributed by atoms with E-state index in [2.05, 4.69) is 51.9 Å². The molecule has 0 saturated heterocycles. The van der Waals surface area contributed by atoms with E-state index in [1.54, 1.807) is 0 Å². The number of benzene rings is 3. The topological polar surface area (TPSA) is 43.3 Å². The molecular formula is C25H21F3N2O2S. The number of carbonyl (C=O) groups is 1. The molecule has 170 valence electrons. The van der Waals surface area contributed by atoms with Crippen LogP contribution in [0.4, 0.5) is 18.9 Å². The Balaban J connectivity index is 1.41. The standard InChI is InChI=1S/C25H21F3N2O2S/c1-17-6-8-18(9-7-17)14-30-15-23(21-4-2-3-5-22(21)30)33-16-24(31)29-19-10-12-20(13-11-19)32-25(26,27)28/h2-13,15H,14,16H2,1H3,(H,29,31). The van der Waals surface area contributed by atoms with Crippen LogP contribution in [0.25, 0.3) is 10.9 Å². The summed E-state index contributed by atoms with van der Waals surface area (Å²) in [5.74, 6) is -0.421. The Morgan fingerprint density at radius 1 is 1.00 bits per heavy atom. The predicted molar refractivity (Wildman–Crippen MR) is 125 cm³/mol. The van der Waals surface area contributed by atoms with Crippen molar-refractivity contribution in [3.05, 3.63) is 90.1 Å². The molecule has 0 aliphatic heterocycles. The molecule has 4 rings (SSSR count). The number of halogens is 3. The van der Waals surface area contributed by atoms with Gasteiger partial charge in [-0.1, -0.05) is 48.0 Å². The summed E-state index contributed by atoms with van der Waals surface area (Å²) < 4.78 is 42.8. The molecular weight excluding hydrogens is 449 g/mol. The van der Waals surface area contributed by atoms with Gasteiger partial charge in [0.25, 0.3) is 0 Å². The number of ether oxygens (including phenoxy) is 1. The van der Waals surface area contributed by atoms with E-state index in [0.29, 0.717) is 5.69 Å². The molecule has 0 fully saturated rings. The van der Waals surface area contributed by atoms with Crippen LogP contribution in [0.3, 0.4) is 0 Å². The Morgan fingerprint density at radius 3 is 2.39 bits per heavy atom. The molecule has 8 heteroatoms. The fraction of sp³-hybridized carbons (Fsp3) is 0.160. The highest BCUT2D eigenvalue weighted by atomic mass is 32.2. The van der Waals surface area contributed by atoms with Gasteiger partial charge in [0.2, 0.25) is 5.91 Å². The van der Waals surface area contributed by atoms with Gasteiger partial charge in [0.05, 0.1) is 5.75 Å². The number of rotatable bonds is 7. The lowest BCUT2D eigenvalue weighted by atomic mass is 10.1. The maximum absolute atomic E-state index is 12.4. The SMILES string of the molecule is Cc1ccc(Cn2cc(SCC(=O)Nc3ccc(OC(F)(F)F)cc3)c3ccccc32)cc1. The van der Waals surface area contributed by atoms with Crippen LogP contribution >= 0.6 is 11.8 Å². The second kappa shape index (κ2) is 9.62. The predicted octanol–water partition coefficient (Wildman–Crippen LogP) is 6.63. The lowest BCUT2D eigenvalue weighted by molar-refractivity contribution is -0.274. The molecule has 1 amide bonds. The Kier molecular flexibility index (Phi) is 6.65. The van der Waals surface area contributed by atoms with Crippen LogP contribution < -0.4 is 10.1 Å². The van der Waals surface area contributed by atoms with Gasteiger partial charge in [-0.25, -0.2) is 0 Å². The highest BCUT2D eigenvalue weighted by Gasteiger charge is 2.30. The molecule has 0 atom stereocenters. The molecule has 1 heterocycles. The number of hydrogen-bond donors (Lipinski definition) is 1. The number of fused-ring (bicyclic) bond motifs is 1. The molecule has 33 heavy (non-hydrogen) atoms. The zero-order valence-corrected chi connectivity index (χ0v) is 18.5. The summed E-state index contributed by atoms with van der Waals surface area (Å²) >= 11 is 1.42. The normalized spacial score (nSPS) is 11.5. The Bertz CT molecular complexity index is 1250. The van der Waals surface area contributed by atoms with Crippen molar-refractivity contribution in [3.8, 4) is 5.75 Å². The smallest absolute Gasteiger partial charge is 0.406 e. The zero-order valence-electron chi connectivity index (χ0n) is 17.7. The Hall–Kier alpha value is -3.39. The van der Waals surface area contributed by atoms with Gasteiger partial charge >= 0.3 is 6.36 Å². The molecule has 3 aromatic carbocycles. The summed E-state index contributed by atoms with van der Waals surface area (Å²) in [7, 11) is 0. The summed E-state index contributed by atoms with van der Waals surface area (Å²) in [6, 6.07) is 21.5. The van der Waals surface area contributed by atoms with Crippen LogP contribution in [0.2, 0.25) is 0 Å². The van der Waals surface area contributed by atoms with Crippen molar-refractivity contribution in [1.82, 2.24) is 4.57 Å². The third-order valence-electron chi connectivity index (χ3n) is 4.96. The van der Waals surface area contributed by atoms with Crippen LogP contribution in [-0.2, 0) is 11.3 Å². The first-order chi connectivity index (χ1) is 15.8. The highest BCUT2D eigenvalue weighted by molar-refractivity contribution is 8.00. The summed E-state index contributed by atoms with van der Waals surface area (Å²) in [4.78, 5) is 13.4. The van der Waals surface area contributed by atoms with Crippen molar-refractivity contribution in [2.75, 3.05) is 11.1 Å². The molecule has 0 aliphatic carbocycles. The minimum absolute atomic E-state index is 0.166. The molecule has 0 unspecified atom stereocenters. The number of nitrogens with one attached hydrogen (secondary N) is 1. The number of amides is 1. The monoisotopic (exact) mass is 470 g/mol. The number of nitrogens with zero attached hydrogens (tertiary/aromatic N) is 1. The quantitative estimate of drug-likeness (QED) is 0.309. The van der Waals surface area contributed by atoms with E-state index < -0.39 is 6.36 Å². The van der Waals surface area contributed by atoms with E-state index in [0.717, 1.165) is 34.5 Å². The highest BCUT2D eigenvalue weighted by Crippen LogP contribution is 2.31. The molecule has 0 bridgehead atoms. The molecule has 0 radical (unpaired) electrons. The molecule has 1 N–H and O–H groups in total. The van der Waals surface area contributed by atoms with Crippen LogP contribution in [0, 0.1) is 6.92 Å². The van der Waals surface area contributed by atoms with Gasteiger partial charge in [0.15, 0.2) is 0 Å². The first-order valence-corrected chi connectivity index (χ1v) is 11.2. The van der Waals surface area contributed by atoms with Gasteiger partial charge in [0, 0.05) is 34.2 Å². The van der Waals surface area contributed by atoms with E-state index in [1.165, 1.54) is 35.0 Å². The van der Waals surface area contributed by atoms with E-state index in [1.807, 2.05) is 24.4 Å². The van der Waals surface area contributed by atoms with E-state index in [9.17, 15) is 18.0 Å². The van der Waals surface area contributed by atoms with Crippen LogP contribution in [0.1, 0.15) is 11.1 Å². The fourth-order valence-electron chi connectivity index (χ4n) is 3.43. The van der Waals surface area contributed by atoms with Crippen molar-refractivity contribution < 1.29 is 22.7 Å². The molecule has 4 nitrogen and oxygen atoms in total.